The Labute approximate surface area is 247 Å². The van der Waals surface area contributed by atoms with Crippen molar-refractivity contribution in [3.8, 4) is 28.8 Å². The van der Waals surface area contributed by atoms with Crippen molar-refractivity contribution in [3.63, 3.8) is 0 Å². The van der Waals surface area contributed by atoms with Crippen molar-refractivity contribution in [3.05, 3.63) is 86.7 Å². The van der Waals surface area contributed by atoms with Gasteiger partial charge in [0, 0.05) is 18.8 Å². The van der Waals surface area contributed by atoms with Gasteiger partial charge in [-0.05, 0) is 76.4 Å². The smallest absolute Gasteiger partial charge is 0.234 e. The van der Waals surface area contributed by atoms with Crippen LogP contribution in [0.15, 0.2) is 60.9 Å². The van der Waals surface area contributed by atoms with Crippen LogP contribution >= 0.6 is 45.7 Å². The summed E-state index contributed by atoms with van der Waals surface area (Å²) in [4.78, 5) is 13.1. The molecule has 200 valence electrons. The van der Waals surface area contributed by atoms with Gasteiger partial charge < -0.3 is 14.2 Å². The van der Waals surface area contributed by atoms with Crippen molar-refractivity contribution in [1.82, 2.24) is 19.3 Å². The van der Waals surface area contributed by atoms with Crippen LogP contribution in [0, 0.1) is 9.39 Å². The Kier molecular flexibility index (Phi) is 8.73. The number of nitrogens with zero attached hydrogens (tertiary/aromatic N) is 4. The van der Waals surface area contributed by atoms with Gasteiger partial charge >= 0.3 is 0 Å². The third-order valence-electron chi connectivity index (χ3n) is 6.03. The molecule has 5 rings (SSSR count). The molecule has 0 spiro atoms. The molecule has 0 N–H and O–H groups in total. The molecule has 39 heavy (non-hydrogen) atoms. The van der Waals surface area contributed by atoms with E-state index in [1.807, 2.05) is 24.3 Å². The second kappa shape index (κ2) is 12.4. The van der Waals surface area contributed by atoms with Crippen molar-refractivity contribution in [2.24, 2.45) is 0 Å². The lowest BCUT2D eigenvalue weighted by molar-refractivity contribution is 0.191. The topological polar surface area (TPSA) is 79.2 Å². The minimum absolute atomic E-state index is 0.131. The quantitative estimate of drug-likeness (QED) is 0.112. The van der Waals surface area contributed by atoms with E-state index in [0.29, 0.717) is 40.3 Å². The maximum absolute atomic E-state index is 13.9. The first-order valence-electron chi connectivity index (χ1n) is 12.1. The van der Waals surface area contributed by atoms with Gasteiger partial charge in [0.15, 0.2) is 5.82 Å². The highest BCUT2D eigenvalue weighted by Gasteiger charge is 2.20. The average molecular weight is 677 g/mol. The fourth-order valence-electron chi connectivity index (χ4n) is 4.03. The summed E-state index contributed by atoms with van der Waals surface area (Å²) in [6.07, 6.45) is 4.61. The number of hydrogen-bond acceptors (Lipinski definition) is 8. The number of para-hydroxylation sites is 1. The Morgan fingerprint density at radius 1 is 1.10 bits per heavy atom. The Morgan fingerprint density at radius 2 is 1.95 bits per heavy atom. The molecule has 0 aliphatic rings. The van der Waals surface area contributed by atoms with Gasteiger partial charge in [-0.2, -0.15) is 4.37 Å². The van der Waals surface area contributed by atoms with Crippen LogP contribution in [0.5, 0.6) is 17.4 Å². The molecule has 0 saturated heterocycles. The third kappa shape index (κ3) is 6.23. The minimum Gasteiger partial charge on any atom is -0.496 e. The molecule has 0 aliphatic heterocycles. The van der Waals surface area contributed by atoms with Crippen LogP contribution in [0.1, 0.15) is 24.6 Å². The highest BCUT2D eigenvalue weighted by molar-refractivity contribution is 14.1. The summed E-state index contributed by atoms with van der Waals surface area (Å²) in [6, 6.07) is 13.9. The fraction of sp³-hybridized carbons (Fsp3) is 0.214. The zero-order valence-electron chi connectivity index (χ0n) is 21.0. The highest BCUT2D eigenvalue weighted by Crippen LogP contribution is 2.36. The minimum atomic E-state index is -0.391. The maximum atomic E-state index is 13.9. The van der Waals surface area contributed by atoms with Crippen LogP contribution in [0.4, 0.5) is 4.39 Å². The van der Waals surface area contributed by atoms with E-state index in [9.17, 15) is 4.39 Å². The number of fused-ring (bicyclic) bond motifs is 1. The molecule has 0 bridgehead atoms. The largest absolute Gasteiger partial charge is 0.496 e. The lowest BCUT2D eigenvalue weighted by Crippen LogP contribution is -2.19. The fourth-order valence-corrected chi connectivity index (χ4v) is 5.71. The number of pyridine rings is 1. The van der Waals surface area contributed by atoms with Crippen LogP contribution in [0.25, 0.3) is 21.5 Å². The molecule has 0 fully saturated rings. The number of rotatable bonds is 10. The molecule has 1 atom stereocenters. The second-order valence-corrected chi connectivity index (χ2v) is 10.8. The van der Waals surface area contributed by atoms with Gasteiger partial charge in [0.05, 0.1) is 32.0 Å². The molecular weight excluding hydrogens is 654 g/mol. The zero-order chi connectivity index (χ0) is 27.4. The summed E-state index contributed by atoms with van der Waals surface area (Å²) in [5.74, 6) is 1.76. The van der Waals surface area contributed by atoms with Gasteiger partial charge in [-0.3, -0.25) is 0 Å². The van der Waals surface area contributed by atoms with E-state index in [1.54, 1.807) is 24.5 Å². The summed E-state index contributed by atoms with van der Waals surface area (Å²) in [7, 11) is 1.53. The first kappa shape index (κ1) is 27.5. The molecule has 5 aromatic rings. The summed E-state index contributed by atoms with van der Waals surface area (Å²) < 4.78 is 38.1. The van der Waals surface area contributed by atoms with E-state index in [4.69, 9.17) is 25.8 Å². The number of ether oxygens (including phenoxy) is 3. The van der Waals surface area contributed by atoms with Gasteiger partial charge in [-0.1, -0.05) is 36.7 Å². The second-order valence-electron chi connectivity index (χ2n) is 8.55. The Hall–Kier alpha value is -3.09. The normalized spacial score (nSPS) is 11.9. The van der Waals surface area contributed by atoms with E-state index in [-0.39, 0.29) is 12.7 Å². The Balaban J connectivity index is 1.32. The Morgan fingerprint density at radius 3 is 2.77 bits per heavy atom. The van der Waals surface area contributed by atoms with E-state index < -0.39 is 5.82 Å². The first-order valence-corrected chi connectivity index (χ1v) is 14.3. The standard InChI is InChI=1S/C28H23ClFIN4O3S/c1-3-19(38-28-24-23(39-35-28)14-33-26(29)25(24)31)12-16-6-4-5-7-21(16)37-15-18-10-11-32-27(34-18)20-13-17(30)8-9-22(20)36-2/h4-11,13-14,19H,3,12,15H2,1-2H3/t19-/m0/s1. The van der Waals surface area contributed by atoms with Crippen LogP contribution in [-0.2, 0) is 13.0 Å². The third-order valence-corrected chi connectivity index (χ3v) is 8.45. The molecule has 0 amide bonds. The Bertz CT molecular complexity index is 1620. The lowest BCUT2D eigenvalue weighted by atomic mass is 10.0. The lowest BCUT2D eigenvalue weighted by Gasteiger charge is -2.19. The van der Waals surface area contributed by atoms with Crippen LogP contribution in [0.2, 0.25) is 5.15 Å². The summed E-state index contributed by atoms with van der Waals surface area (Å²) in [5.41, 5.74) is 2.13. The van der Waals surface area contributed by atoms with E-state index >= 15 is 0 Å². The van der Waals surface area contributed by atoms with E-state index in [2.05, 4.69) is 48.8 Å². The van der Waals surface area contributed by atoms with Crippen molar-refractivity contribution >= 4 is 55.8 Å². The number of methoxy groups -OCH3 is 1. The van der Waals surface area contributed by atoms with Crippen LogP contribution in [-0.4, -0.2) is 32.5 Å². The van der Waals surface area contributed by atoms with Gasteiger partial charge in [-0.15, -0.1) is 0 Å². The number of halogens is 3. The number of benzene rings is 2. The number of hydrogen-bond donors (Lipinski definition) is 0. The zero-order valence-corrected chi connectivity index (χ0v) is 24.8. The van der Waals surface area contributed by atoms with Crippen molar-refractivity contribution in [2.45, 2.75) is 32.5 Å². The summed E-state index contributed by atoms with van der Waals surface area (Å²) in [5, 5.41) is 1.32. The number of aromatic nitrogens is 4. The van der Waals surface area contributed by atoms with E-state index in [0.717, 1.165) is 31.4 Å². The summed E-state index contributed by atoms with van der Waals surface area (Å²) >= 11 is 9.76. The molecule has 2 aromatic carbocycles. The molecule has 0 aliphatic carbocycles. The van der Waals surface area contributed by atoms with E-state index in [1.165, 1.54) is 30.8 Å². The van der Waals surface area contributed by atoms with Gasteiger partial charge in [0.2, 0.25) is 5.88 Å². The highest BCUT2D eigenvalue weighted by atomic mass is 127. The maximum Gasteiger partial charge on any atom is 0.234 e. The van der Waals surface area contributed by atoms with Crippen molar-refractivity contribution in [1.29, 1.82) is 0 Å². The monoisotopic (exact) mass is 676 g/mol. The van der Waals surface area contributed by atoms with Crippen LogP contribution < -0.4 is 14.2 Å². The molecule has 7 nitrogen and oxygen atoms in total. The molecule has 0 unspecified atom stereocenters. The molecule has 11 heteroatoms. The molecule has 0 saturated carbocycles. The molecule has 3 heterocycles. The van der Waals surface area contributed by atoms with Gasteiger partial charge in [0.1, 0.15) is 35.2 Å². The SMILES string of the molecule is CC[C@@H](Cc1ccccc1OCc1ccnc(-c2cc(F)ccc2OC)n1)Oc1nsc2cnc(Cl)c(I)c12. The average Bonchev–Trinajstić information content (AvgIpc) is 3.37. The van der Waals surface area contributed by atoms with Crippen molar-refractivity contribution < 1.29 is 18.6 Å². The van der Waals surface area contributed by atoms with Gasteiger partial charge in [-0.25, -0.2) is 19.3 Å². The van der Waals surface area contributed by atoms with Crippen LogP contribution in [0.3, 0.4) is 0 Å². The predicted octanol–water partition coefficient (Wildman–Crippen LogP) is 7.53. The van der Waals surface area contributed by atoms with Gasteiger partial charge in [0.25, 0.3) is 0 Å². The first-order chi connectivity index (χ1) is 19.0. The summed E-state index contributed by atoms with van der Waals surface area (Å²) in [6.45, 7) is 2.29. The molecule has 3 aromatic heterocycles. The molecule has 0 radical (unpaired) electrons. The predicted molar refractivity (Wildman–Crippen MR) is 158 cm³/mol. The van der Waals surface area contributed by atoms with Crippen molar-refractivity contribution in [2.75, 3.05) is 7.11 Å². The molecular formula is C28H23ClFIN4O3S.